The predicted molar refractivity (Wildman–Crippen MR) is 106 cm³/mol. The van der Waals surface area contributed by atoms with Gasteiger partial charge in [0.25, 0.3) is 11.6 Å². The van der Waals surface area contributed by atoms with Gasteiger partial charge in [-0.05, 0) is 26.0 Å². The van der Waals surface area contributed by atoms with Crippen molar-refractivity contribution in [3.8, 4) is 0 Å². The maximum atomic E-state index is 13.1. The number of piperazine rings is 1. The lowest BCUT2D eigenvalue weighted by Gasteiger charge is -2.36. The molecule has 0 bridgehead atoms. The number of benzene rings is 1. The molecule has 0 radical (unpaired) electrons. The molecule has 1 amide bonds. The van der Waals surface area contributed by atoms with Crippen LogP contribution in [-0.4, -0.2) is 46.5 Å². The van der Waals surface area contributed by atoms with Crippen molar-refractivity contribution in [2.75, 3.05) is 31.1 Å². The molecule has 146 valence electrons. The predicted octanol–water partition coefficient (Wildman–Crippen LogP) is 3.43. The molecule has 1 aromatic carbocycles. The Kier molecular flexibility index (Phi) is 4.54. The van der Waals surface area contributed by atoms with Gasteiger partial charge in [0.15, 0.2) is 5.58 Å². The Morgan fingerprint density at radius 2 is 1.82 bits per heavy atom. The number of hydrogen-bond donors (Lipinski definition) is 0. The van der Waals surface area contributed by atoms with E-state index in [9.17, 15) is 14.9 Å². The van der Waals surface area contributed by atoms with E-state index < -0.39 is 4.92 Å². The Balaban J connectivity index is 1.47. The van der Waals surface area contributed by atoms with Gasteiger partial charge in [0.1, 0.15) is 11.5 Å². The van der Waals surface area contributed by atoms with Gasteiger partial charge >= 0.3 is 0 Å². The Morgan fingerprint density at radius 3 is 2.43 bits per heavy atom. The minimum Gasteiger partial charge on any atom is -0.460 e. The maximum Gasteiger partial charge on any atom is 0.270 e. The quantitative estimate of drug-likeness (QED) is 0.510. The normalized spacial score (nSPS) is 14.6. The van der Waals surface area contributed by atoms with Crippen LogP contribution in [0.4, 0.5) is 11.4 Å². The number of carbonyl (C=O) groups excluding carboxylic acids is 1. The number of aromatic nitrogens is 1. The number of fused-ring (bicyclic) bond motifs is 1. The molecule has 28 heavy (non-hydrogen) atoms. The molecule has 1 aliphatic rings. The second kappa shape index (κ2) is 7.03. The van der Waals surface area contributed by atoms with Gasteiger partial charge < -0.3 is 18.8 Å². The summed E-state index contributed by atoms with van der Waals surface area (Å²) in [5.41, 5.74) is 3.36. The van der Waals surface area contributed by atoms with E-state index in [1.54, 1.807) is 12.1 Å². The molecule has 0 atom stereocenters. The summed E-state index contributed by atoms with van der Waals surface area (Å²) in [4.78, 5) is 27.5. The molecular formula is C20H22N4O4. The third-order valence-corrected chi connectivity index (χ3v) is 5.24. The Morgan fingerprint density at radius 1 is 1.14 bits per heavy atom. The molecule has 0 unspecified atom stereocenters. The van der Waals surface area contributed by atoms with Crippen molar-refractivity contribution in [3.05, 3.63) is 58.0 Å². The van der Waals surface area contributed by atoms with E-state index in [-0.39, 0.29) is 11.6 Å². The molecule has 3 heterocycles. The van der Waals surface area contributed by atoms with Crippen LogP contribution < -0.4 is 4.90 Å². The van der Waals surface area contributed by atoms with Crippen molar-refractivity contribution in [1.29, 1.82) is 0 Å². The second-order valence-corrected chi connectivity index (χ2v) is 6.93. The lowest BCUT2D eigenvalue weighted by atomic mass is 10.2. The van der Waals surface area contributed by atoms with Crippen molar-refractivity contribution < 1.29 is 14.1 Å². The Labute approximate surface area is 162 Å². The highest BCUT2D eigenvalue weighted by Gasteiger charge is 2.26. The van der Waals surface area contributed by atoms with Crippen LogP contribution in [0.1, 0.15) is 23.2 Å². The first-order valence-electron chi connectivity index (χ1n) is 9.36. The van der Waals surface area contributed by atoms with Crippen molar-refractivity contribution in [2.24, 2.45) is 0 Å². The summed E-state index contributed by atoms with van der Waals surface area (Å²) in [6.07, 6.45) is 0. The first kappa shape index (κ1) is 18.1. The molecule has 1 aliphatic heterocycles. The van der Waals surface area contributed by atoms with Crippen LogP contribution in [0, 0.1) is 17.0 Å². The van der Waals surface area contributed by atoms with Crippen LogP contribution in [0.15, 0.2) is 40.8 Å². The Hall–Kier alpha value is -3.29. The van der Waals surface area contributed by atoms with Crippen LogP contribution in [0.2, 0.25) is 0 Å². The summed E-state index contributed by atoms with van der Waals surface area (Å²) in [5, 5.41) is 10.8. The fourth-order valence-corrected chi connectivity index (χ4v) is 3.80. The summed E-state index contributed by atoms with van der Waals surface area (Å²) < 4.78 is 7.68. The molecular weight excluding hydrogens is 360 g/mol. The summed E-state index contributed by atoms with van der Waals surface area (Å²) in [6.45, 7) is 7.20. The van der Waals surface area contributed by atoms with Gasteiger partial charge in [0.05, 0.1) is 10.4 Å². The third-order valence-electron chi connectivity index (χ3n) is 5.24. The molecule has 0 aliphatic carbocycles. The van der Waals surface area contributed by atoms with Gasteiger partial charge in [-0.3, -0.25) is 14.9 Å². The number of non-ortho nitro benzene ring substituents is 1. The van der Waals surface area contributed by atoms with Crippen LogP contribution in [0.25, 0.3) is 11.1 Å². The Bertz CT molecular complexity index is 1030. The average molecular weight is 382 g/mol. The molecule has 4 rings (SSSR count). The zero-order valence-corrected chi connectivity index (χ0v) is 15.9. The van der Waals surface area contributed by atoms with Gasteiger partial charge in [-0.15, -0.1) is 0 Å². The average Bonchev–Trinajstić information content (AvgIpc) is 3.23. The van der Waals surface area contributed by atoms with Crippen LogP contribution >= 0.6 is 0 Å². The highest BCUT2D eigenvalue weighted by molar-refractivity contribution is 5.97. The minimum atomic E-state index is -0.402. The third kappa shape index (κ3) is 3.11. The highest BCUT2D eigenvalue weighted by Crippen LogP contribution is 2.26. The summed E-state index contributed by atoms with van der Waals surface area (Å²) in [5.74, 6) is 0.845. The number of anilines is 1. The number of hydrogen-bond acceptors (Lipinski definition) is 5. The minimum absolute atomic E-state index is 0.00857. The van der Waals surface area contributed by atoms with Crippen LogP contribution in [-0.2, 0) is 6.54 Å². The summed E-state index contributed by atoms with van der Waals surface area (Å²) in [6, 6.07) is 10.3. The lowest BCUT2D eigenvalue weighted by molar-refractivity contribution is -0.384. The van der Waals surface area contributed by atoms with E-state index in [0.717, 1.165) is 22.5 Å². The number of nitro groups is 1. The van der Waals surface area contributed by atoms with Crippen LogP contribution in [0.5, 0.6) is 0 Å². The van der Waals surface area contributed by atoms with Crippen molar-refractivity contribution in [3.63, 3.8) is 0 Å². The van der Waals surface area contributed by atoms with Crippen molar-refractivity contribution in [1.82, 2.24) is 9.47 Å². The largest absolute Gasteiger partial charge is 0.460 e. The van der Waals surface area contributed by atoms with E-state index >= 15 is 0 Å². The van der Waals surface area contributed by atoms with Gasteiger partial charge in [-0.25, -0.2) is 0 Å². The number of furan rings is 1. The molecule has 1 fully saturated rings. The molecule has 0 spiro atoms. The lowest BCUT2D eigenvalue weighted by Crippen LogP contribution is -2.49. The first-order valence-corrected chi connectivity index (χ1v) is 9.36. The van der Waals surface area contributed by atoms with E-state index in [2.05, 4.69) is 4.90 Å². The molecule has 0 saturated carbocycles. The molecule has 0 N–H and O–H groups in total. The van der Waals surface area contributed by atoms with Gasteiger partial charge in [0, 0.05) is 62.7 Å². The zero-order valence-electron chi connectivity index (χ0n) is 15.9. The molecule has 2 aromatic heterocycles. The van der Waals surface area contributed by atoms with Gasteiger partial charge in [-0.1, -0.05) is 0 Å². The summed E-state index contributed by atoms with van der Waals surface area (Å²) >= 11 is 0. The van der Waals surface area contributed by atoms with Gasteiger partial charge in [0.2, 0.25) is 0 Å². The van der Waals surface area contributed by atoms with E-state index in [0.29, 0.717) is 38.4 Å². The van der Waals surface area contributed by atoms with E-state index in [1.807, 2.05) is 35.4 Å². The number of nitrogens with zero attached hydrogens (tertiary/aromatic N) is 4. The maximum absolute atomic E-state index is 13.1. The number of rotatable bonds is 4. The molecule has 1 saturated heterocycles. The zero-order chi connectivity index (χ0) is 19.8. The first-order chi connectivity index (χ1) is 13.5. The molecule has 8 nitrogen and oxygen atoms in total. The number of amides is 1. The number of nitro benzene ring substituents is 1. The van der Waals surface area contributed by atoms with E-state index in [1.165, 1.54) is 12.1 Å². The monoisotopic (exact) mass is 382 g/mol. The SMILES string of the molecule is CCn1c(C(=O)N2CCN(c3ccc([N+](=O)[O-])cc3)CC2)cc2oc(C)cc21. The van der Waals surface area contributed by atoms with Crippen molar-refractivity contribution in [2.45, 2.75) is 20.4 Å². The van der Waals surface area contributed by atoms with Crippen molar-refractivity contribution >= 4 is 28.4 Å². The number of aryl methyl sites for hydroxylation is 2. The van der Waals surface area contributed by atoms with Crippen LogP contribution in [0.3, 0.4) is 0 Å². The smallest absolute Gasteiger partial charge is 0.270 e. The fourth-order valence-electron chi connectivity index (χ4n) is 3.80. The van der Waals surface area contributed by atoms with Gasteiger partial charge in [-0.2, -0.15) is 0 Å². The highest BCUT2D eigenvalue weighted by atomic mass is 16.6. The topological polar surface area (TPSA) is 84.8 Å². The molecule has 8 heteroatoms. The number of carbonyl (C=O) groups is 1. The second-order valence-electron chi connectivity index (χ2n) is 6.93. The molecule has 3 aromatic rings. The standard InChI is InChI=1S/C20H22N4O4/c1-3-23-17-12-14(2)28-19(17)13-18(23)20(25)22-10-8-21(9-11-22)15-4-6-16(7-5-15)24(26)27/h4-7,12-13H,3,8-11H2,1-2H3. The summed E-state index contributed by atoms with van der Waals surface area (Å²) in [7, 11) is 0. The van der Waals surface area contributed by atoms with E-state index in [4.69, 9.17) is 4.42 Å². The fraction of sp³-hybridized carbons (Fsp3) is 0.350.